The van der Waals surface area contributed by atoms with E-state index in [-0.39, 0.29) is 5.41 Å². The van der Waals surface area contributed by atoms with Crippen LogP contribution in [0.4, 0.5) is 0 Å². The van der Waals surface area contributed by atoms with Gasteiger partial charge in [0.25, 0.3) is 0 Å². The van der Waals surface area contributed by atoms with E-state index in [9.17, 15) is 0 Å². The van der Waals surface area contributed by atoms with Crippen molar-refractivity contribution in [3.8, 4) is 0 Å². The van der Waals surface area contributed by atoms with E-state index in [1.165, 1.54) is 28.4 Å². The number of aromatic nitrogens is 1. The molecule has 108 valence electrons. The van der Waals surface area contributed by atoms with Gasteiger partial charge in [-0.3, -0.25) is 0 Å². The second-order valence-electron chi connectivity index (χ2n) is 6.52. The molecule has 0 saturated carbocycles. The highest BCUT2D eigenvalue weighted by Crippen LogP contribution is 2.32. The lowest BCUT2D eigenvalue weighted by molar-refractivity contribution is 0.0672. The normalized spacial score (nSPS) is 22.5. The van der Waals surface area contributed by atoms with E-state index in [0.717, 1.165) is 13.2 Å². The van der Waals surface area contributed by atoms with Crippen LogP contribution < -0.4 is 5.32 Å². The molecular weight excluding hydrogens is 256 g/mol. The zero-order valence-corrected chi connectivity index (χ0v) is 13.6. The van der Waals surface area contributed by atoms with Gasteiger partial charge in [-0.1, -0.05) is 20.8 Å². The molecule has 1 aliphatic heterocycles. The molecule has 1 aromatic rings. The average Bonchev–Trinajstić information content (AvgIpc) is 2.72. The van der Waals surface area contributed by atoms with Crippen LogP contribution in [0.3, 0.4) is 0 Å². The number of hydrogen-bond acceptors (Lipinski definition) is 4. The molecule has 4 heteroatoms. The third kappa shape index (κ3) is 3.77. The highest BCUT2D eigenvalue weighted by atomic mass is 32.1. The van der Waals surface area contributed by atoms with E-state index in [1.54, 1.807) is 0 Å². The number of rotatable bonds is 3. The van der Waals surface area contributed by atoms with Crippen molar-refractivity contribution >= 4 is 11.3 Å². The number of hydrogen-bond donors (Lipinski definition) is 1. The first-order valence-corrected chi connectivity index (χ1v) is 8.01. The van der Waals surface area contributed by atoms with Gasteiger partial charge in [0.1, 0.15) is 0 Å². The molecule has 1 saturated heterocycles. The minimum atomic E-state index is 0.140. The van der Waals surface area contributed by atoms with Crippen LogP contribution in [0, 0.1) is 6.92 Å². The molecule has 0 amide bonds. The van der Waals surface area contributed by atoms with Gasteiger partial charge in [0.2, 0.25) is 0 Å². The third-order valence-electron chi connectivity index (χ3n) is 3.51. The molecule has 1 aliphatic rings. The maximum absolute atomic E-state index is 5.53. The van der Waals surface area contributed by atoms with Crippen molar-refractivity contribution in [1.29, 1.82) is 0 Å². The predicted molar refractivity (Wildman–Crippen MR) is 80.9 cm³/mol. The Morgan fingerprint density at radius 2 is 2.16 bits per heavy atom. The molecule has 0 radical (unpaired) electrons. The molecule has 2 heterocycles. The van der Waals surface area contributed by atoms with Crippen LogP contribution >= 0.6 is 11.3 Å². The summed E-state index contributed by atoms with van der Waals surface area (Å²) in [5.41, 5.74) is 1.31. The van der Waals surface area contributed by atoms with Crippen molar-refractivity contribution in [3.05, 3.63) is 15.6 Å². The molecule has 1 N–H and O–H groups in total. The average molecular weight is 282 g/mol. The fourth-order valence-electron chi connectivity index (χ4n) is 2.43. The lowest BCUT2D eigenvalue weighted by atomic mass is 9.98. The largest absolute Gasteiger partial charge is 0.380 e. The lowest BCUT2D eigenvalue weighted by Gasteiger charge is -2.26. The topological polar surface area (TPSA) is 34.2 Å². The Balaban J connectivity index is 2.06. The summed E-state index contributed by atoms with van der Waals surface area (Å²) in [5, 5.41) is 4.92. The van der Waals surface area contributed by atoms with Crippen molar-refractivity contribution in [3.63, 3.8) is 0 Å². The quantitative estimate of drug-likeness (QED) is 0.920. The van der Waals surface area contributed by atoms with Crippen LogP contribution in [0.2, 0.25) is 0 Å². The molecule has 2 unspecified atom stereocenters. The predicted octanol–water partition coefficient (Wildman–Crippen LogP) is 3.58. The zero-order valence-electron chi connectivity index (χ0n) is 12.7. The first-order valence-electron chi connectivity index (χ1n) is 7.19. The lowest BCUT2D eigenvalue weighted by Crippen LogP contribution is -2.38. The molecule has 0 bridgehead atoms. The summed E-state index contributed by atoms with van der Waals surface area (Å²) in [6, 6.07) is 0.851. The van der Waals surface area contributed by atoms with Crippen molar-refractivity contribution in [2.24, 2.45) is 0 Å². The van der Waals surface area contributed by atoms with Crippen molar-refractivity contribution in [1.82, 2.24) is 10.3 Å². The van der Waals surface area contributed by atoms with Gasteiger partial charge in [0, 0.05) is 29.0 Å². The van der Waals surface area contributed by atoms with Crippen LogP contribution in [-0.2, 0) is 10.2 Å². The fourth-order valence-corrected chi connectivity index (χ4v) is 3.57. The van der Waals surface area contributed by atoms with Crippen LogP contribution in [0.15, 0.2) is 0 Å². The molecule has 3 nitrogen and oxygen atoms in total. The zero-order chi connectivity index (χ0) is 14.0. The molecule has 0 aromatic carbocycles. The van der Waals surface area contributed by atoms with Crippen molar-refractivity contribution in [2.45, 2.75) is 65.0 Å². The number of nitrogens with zero attached hydrogens (tertiary/aromatic N) is 1. The fraction of sp³-hybridized carbons (Fsp3) is 0.800. The number of ether oxygens (including phenoxy) is 1. The summed E-state index contributed by atoms with van der Waals surface area (Å²) in [6.07, 6.45) is 2.38. The molecule has 19 heavy (non-hydrogen) atoms. The Morgan fingerprint density at radius 3 is 2.68 bits per heavy atom. The second kappa shape index (κ2) is 5.90. The number of nitrogens with one attached hydrogen (secondary N) is 1. The summed E-state index contributed by atoms with van der Waals surface area (Å²) in [5.74, 6) is 0. The van der Waals surface area contributed by atoms with Crippen LogP contribution in [0.5, 0.6) is 0 Å². The van der Waals surface area contributed by atoms with Gasteiger partial charge in [-0.15, -0.1) is 11.3 Å². The third-order valence-corrected chi connectivity index (χ3v) is 5.28. The molecule has 0 aliphatic carbocycles. The van der Waals surface area contributed by atoms with Crippen LogP contribution in [0.25, 0.3) is 0 Å². The highest BCUT2D eigenvalue weighted by molar-refractivity contribution is 7.12. The highest BCUT2D eigenvalue weighted by Gasteiger charge is 2.24. The summed E-state index contributed by atoms with van der Waals surface area (Å²) < 4.78 is 5.53. The SMILES string of the molecule is Cc1nc(C(C)(C)C)sc1C(C)NC1CCCOC1. The van der Waals surface area contributed by atoms with E-state index in [4.69, 9.17) is 9.72 Å². The Labute approximate surface area is 120 Å². The molecule has 1 aromatic heterocycles. The first-order chi connectivity index (χ1) is 8.88. The molecule has 2 rings (SSSR count). The first kappa shape index (κ1) is 14.9. The monoisotopic (exact) mass is 282 g/mol. The summed E-state index contributed by atoms with van der Waals surface area (Å²) in [6.45, 7) is 12.8. The van der Waals surface area contributed by atoms with E-state index in [1.807, 2.05) is 11.3 Å². The van der Waals surface area contributed by atoms with Gasteiger partial charge < -0.3 is 10.1 Å². The molecule has 0 spiro atoms. The van der Waals surface area contributed by atoms with E-state index in [0.29, 0.717) is 12.1 Å². The minimum absolute atomic E-state index is 0.140. The summed E-state index contributed by atoms with van der Waals surface area (Å²) in [4.78, 5) is 6.11. The molecular formula is C15H26N2OS. The molecule has 1 fully saturated rings. The van der Waals surface area contributed by atoms with Crippen molar-refractivity contribution in [2.75, 3.05) is 13.2 Å². The van der Waals surface area contributed by atoms with Gasteiger partial charge in [-0.2, -0.15) is 0 Å². The maximum Gasteiger partial charge on any atom is 0.0985 e. The van der Waals surface area contributed by atoms with Gasteiger partial charge in [0.15, 0.2) is 0 Å². The Bertz CT molecular complexity index is 416. The Hall–Kier alpha value is -0.450. The standard InChI is InChI=1S/C15H26N2OS/c1-10(16-12-7-6-8-18-9-12)13-11(2)17-14(19-13)15(3,4)5/h10,12,16H,6-9H2,1-5H3. The van der Waals surface area contributed by atoms with E-state index in [2.05, 4.69) is 39.9 Å². The van der Waals surface area contributed by atoms with E-state index < -0.39 is 0 Å². The number of aryl methyl sites for hydroxylation is 1. The van der Waals surface area contributed by atoms with Crippen LogP contribution in [0.1, 0.15) is 62.2 Å². The smallest absolute Gasteiger partial charge is 0.0985 e. The van der Waals surface area contributed by atoms with E-state index >= 15 is 0 Å². The van der Waals surface area contributed by atoms with Crippen molar-refractivity contribution < 1.29 is 4.74 Å². The Kier molecular flexibility index (Phi) is 4.64. The minimum Gasteiger partial charge on any atom is -0.380 e. The summed E-state index contributed by atoms with van der Waals surface area (Å²) in [7, 11) is 0. The van der Waals surface area contributed by atoms with Crippen LogP contribution in [-0.4, -0.2) is 24.2 Å². The number of thiazole rings is 1. The van der Waals surface area contributed by atoms with Gasteiger partial charge in [-0.25, -0.2) is 4.98 Å². The molecule has 2 atom stereocenters. The van der Waals surface area contributed by atoms with Gasteiger partial charge in [-0.05, 0) is 26.7 Å². The summed E-state index contributed by atoms with van der Waals surface area (Å²) >= 11 is 1.85. The van der Waals surface area contributed by atoms with Gasteiger partial charge in [0.05, 0.1) is 17.3 Å². The second-order valence-corrected chi connectivity index (χ2v) is 7.55. The van der Waals surface area contributed by atoms with Gasteiger partial charge >= 0.3 is 0 Å². The Morgan fingerprint density at radius 1 is 1.42 bits per heavy atom. The maximum atomic E-state index is 5.53.